The van der Waals surface area contributed by atoms with E-state index in [0.717, 1.165) is 48.3 Å². The minimum absolute atomic E-state index is 0.0892. The molecule has 30 heavy (non-hydrogen) atoms. The highest BCUT2D eigenvalue weighted by Crippen LogP contribution is 2.66. The van der Waals surface area contributed by atoms with E-state index in [4.69, 9.17) is 0 Å². The van der Waals surface area contributed by atoms with Crippen molar-refractivity contribution < 1.29 is 5.11 Å². The van der Waals surface area contributed by atoms with E-state index in [9.17, 15) is 5.11 Å². The first-order valence-corrected chi connectivity index (χ1v) is 13.1. The highest BCUT2D eigenvalue weighted by molar-refractivity contribution is 5.31. The summed E-state index contributed by atoms with van der Waals surface area (Å²) in [6.45, 7) is 17.4. The second kappa shape index (κ2) is 8.09. The molecule has 1 heteroatoms. The van der Waals surface area contributed by atoms with Gasteiger partial charge in [-0.05, 0) is 111 Å². The van der Waals surface area contributed by atoms with Crippen molar-refractivity contribution in [1.82, 2.24) is 0 Å². The molecule has 3 fully saturated rings. The van der Waals surface area contributed by atoms with Crippen LogP contribution >= 0.6 is 0 Å². The van der Waals surface area contributed by atoms with Crippen molar-refractivity contribution in [3.63, 3.8) is 0 Å². The highest BCUT2D eigenvalue weighted by Gasteiger charge is 2.57. The average Bonchev–Trinajstić information content (AvgIpc) is 3.05. The monoisotopic (exact) mass is 412 g/mol. The number of hydrogen-bond acceptors (Lipinski definition) is 1. The summed E-state index contributed by atoms with van der Waals surface area (Å²) in [6, 6.07) is 0. The molecule has 1 N–H and O–H groups in total. The molecule has 1 nitrogen and oxygen atoms in total. The summed E-state index contributed by atoms with van der Waals surface area (Å²) < 4.78 is 0. The largest absolute Gasteiger partial charge is 0.393 e. The average molecular weight is 413 g/mol. The number of fused-ring (bicyclic) bond motifs is 5. The summed E-state index contributed by atoms with van der Waals surface area (Å²) in [5.74, 6) is 4.94. The molecule has 0 heterocycles. The second-order valence-corrected chi connectivity index (χ2v) is 12.7. The van der Waals surface area contributed by atoms with Crippen LogP contribution in [0.25, 0.3) is 0 Å². The Kier molecular flexibility index (Phi) is 6.10. The Labute approximate surface area is 186 Å². The van der Waals surface area contributed by atoms with Crippen molar-refractivity contribution in [2.75, 3.05) is 0 Å². The fraction of sp³-hybridized carbons (Fsp3) is 0.862. The Morgan fingerprint density at radius 2 is 1.70 bits per heavy atom. The molecule has 0 saturated heterocycles. The van der Waals surface area contributed by atoms with Crippen LogP contribution in [0.1, 0.15) is 106 Å². The van der Waals surface area contributed by atoms with Gasteiger partial charge in [-0.1, -0.05) is 64.3 Å². The van der Waals surface area contributed by atoms with Crippen LogP contribution in [0.4, 0.5) is 0 Å². The molecule has 3 saturated carbocycles. The second-order valence-electron chi connectivity index (χ2n) is 12.7. The van der Waals surface area contributed by atoms with E-state index < -0.39 is 0 Å². The van der Waals surface area contributed by atoms with Crippen LogP contribution in [0.5, 0.6) is 0 Å². The Hall–Kier alpha value is -0.560. The molecule has 0 spiro atoms. The predicted molar refractivity (Wildman–Crippen MR) is 128 cm³/mol. The fourth-order valence-corrected chi connectivity index (χ4v) is 8.60. The van der Waals surface area contributed by atoms with Gasteiger partial charge in [0.25, 0.3) is 0 Å². The van der Waals surface area contributed by atoms with Crippen molar-refractivity contribution in [3.05, 3.63) is 22.8 Å². The number of rotatable bonds is 4. The Morgan fingerprint density at radius 3 is 2.40 bits per heavy atom. The van der Waals surface area contributed by atoms with Gasteiger partial charge in [0.2, 0.25) is 0 Å². The molecule has 4 rings (SSSR count). The maximum atomic E-state index is 10.2. The third-order valence-corrected chi connectivity index (χ3v) is 11.0. The van der Waals surface area contributed by atoms with E-state index in [0.29, 0.717) is 10.8 Å². The van der Waals surface area contributed by atoms with Gasteiger partial charge < -0.3 is 5.11 Å². The molecule has 0 aliphatic heterocycles. The van der Waals surface area contributed by atoms with Gasteiger partial charge in [-0.25, -0.2) is 0 Å². The van der Waals surface area contributed by atoms with E-state index in [1.165, 1.54) is 44.9 Å². The molecular formula is C29H48O. The number of aliphatic hydroxyl groups is 1. The Bertz CT molecular complexity index is 714. The minimum atomic E-state index is -0.0892. The summed E-state index contributed by atoms with van der Waals surface area (Å²) >= 11 is 0. The lowest BCUT2D eigenvalue weighted by Gasteiger charge is -2.57. The van der Waals surface area contributed by atoms with Crippen LogP contribution in [0.15, 0.2) is 22.8 Å². The summed E-state index contributed by atoms with van der Waals surface area (Å²) in [4.78, 5) is 0. The smallest absolute Gasteiger partial charge is 0.0577 e. The zero-order valence-corrected chi connectivity index (χ0v) is 20.9. The van der Waals surface area contributed by atoms with Gasteiger partial charge in [-0.3, -0.25) is 0 Å². The maximum Gasteiger partial charge on any atom is 0.0577 e. The summed E-state index contributed by atoms with van der Waals surface area (Å²) in [6.07, 6.45) is 13.8. The normalized spacial score (nSPS) is 44.6. The molecule has 0 amide bonds. The van der Waals surface area contributed by atoms with E-state index in [-0.39, 0.29) is 6.10 Å². The minimum Gasteiger partial charge on any atom is -0.393 e. The topological polar surface area (TPSA) is 20.2 Å². The van der Waals surface area contributed by atoms with Crippen LogP contribution in [0.3, 0.4) is 0 Å². The van der Waals surface area contributed by atoms with Crippen molar-refractivity contribution in [2.45, 2.75) is 112 Å². The third-order valence-electron chi connectivity index (χ3n) is 11.0. The van der Waals surface area contributed by atoms with Crippen LogP contribution in [-0.2, 0) is 0 Å². The van der Waals surface area contributed by atoms with Gasteiger partial charge in [0, 0.05) is 0 Å². The molecule has 0 unspecified atom stereocenters. The number of allylic oxidation sites excluding steroid dienone is 3. The highest BCUT2D eigenvalue weighted by atomic mass is 16.3. The van der Waals surface area contributed by atoms with Crippen LogP contribution in [0, 0.1) is 46.3 Å². The lowest BCUT2D eigenvalue weighted by molar-refractivity contribution is -0.0270. The molecule has 0 radical (unpaired) electrons. The first-order valence-electron chi connectivity index (χ1n) is 13.1. The molecule has 4 aliphatic rings. The van der Waals surface area contributed by atoms with E-state index >= 15 is 0 Å². The van der Waals surface area contributed by atoms with E-state index in [1.54, 1.807) is 11.1 Å². The van der Waals surface area contributed by atoms with E-state index in [2.05, 4.69) is 54.5 Å². The van der Waals surface area contributed by atoms with Gasteiger partial charge >= 0.3 is 0 Å². The standard InChI is InChI=1S/C29H48O/c1-18(2)21(5)19(3)16-20(4)25-10-11-26-24-9-8-22-17-23(30)12-14-28(22,6)27(24)13-15-29(25,26)7/h8,18-19,21,23-24,26-27,30H,9-17H2,1-7H3/b25-20+/t19-,21-,23+,24+,26+,27+,28+,29-/m1/s1. The van der Waals surface area contributed by atoms with Crippen LogP contribution in [0.2, 0.25) is 0 Å². The molecule has 170 valence electrons. The lowest BCUT2D eigenvalue weighted by atomic mass is 9.47. The van der Waals surface area contributed by atoms with Gasteiger partial charge in [0.05, 0.1) is 6.10 Å². The number of hydrogen-bond donors (Lipinski definition) is 1. The predicted octanol–water partition coefficient (Wildman–Crippen LogP) is 7.94. The van der Waals surface area contributed by atoms with Crippen molar-refractivity contribution in [2.24, 2.45) is 46.3 Å². The summed E-state index contributed by atoms with van der Waals surface area (Å²) in [5, 5.41) is 10.2. The van der Waals surface area contributed by atoms with Crippen molar-refractivity contribution >= 4 is 0 Å². The Morgan fingerprint density at radius 1 is 1.03 bits per heavy atom. The van der Waals surface area contributed by atoms with Crippen molar-refractivity contribution in [3.8, 4) is 0 Å². The molecule has 0 aromatic rings. The first kappa shape index (κ1) is 22.6. The third kappa shape index (κ3) is 3.56. The Balaban J connectivity index is 1.57. The first-order chi connectivity index (χ1) is 14.1. The molecule has 0 aromatic carbocycles. The lowest BCUT2D eigenvalue weighted by Crippen LogP contribution is -2.49. The molecule has 0 bridgehead atoms. The molecule has 4 aliphatic carbocycles. The molecule has 0 aromatic heterocycles. The zero-order chi connectivity index (χ0) is 21.8. The molecular weight excluding hydrogens is 364 g/mol. The number of aliphatic hydroxyl groups excluding tert-OH is 1. The van der Waals surface area contributed by atoms with Crippen LogP contribution < -0.4 is 0 Å². The summed E-state index contributed by atoms with van der Waals surface area (Å²) in [5.41, 5.74) is 6.01. The van der Waals surface area contributed by atoms with Gasteiger partial charge in [-0.2, -0.15) is 0 Å². The van der Waals surface area contributed by atoms with Crippen LogP contribution in [-0.4, -0.2) is 11.2 Å². The molecule has 8 atom stereocenters. The summed E-state index contributed by atoms with van der Waals surface area (Å²) in [7, 11) is 0. The zero-order valence-electron chi connectivity index (χ0n) is 20.9. The van der Waals surface area contributed by atoms with Gasteiger partial charge in [0.15, 0.2) is 0 Å². The van der Waals surface area contributed by atoms with Gasteiger partial charge in [-0.15, -0.1) is 0 Å². The quantitative estimate of drug-likeness (QED) is 0.464. The fourth-order valence-electron chi connectivity index (χ4n) is 8.60. The maximum absolute atomic E-state index is 10.2. The van der Waals surface area contributed by atoms with Crippen molar-refractivity contribution in [1.29, 1.82) is 0 Å². The van der Waals surface area contributed by atoms with Gasteiger partial charge in [0.1, 0.15) is 0 Å². The SMILES string of the molecule is C/C(C[C@@H](C)[C@H](C)C(C)C)=C1/CC[C@H]2[C@@H]3CC=C4C[C@@H](O)CC[C@]4(C)[C@H]3CC[C@]12C. The van der Waals surface area contributed by atoms with E-state index in [1.807, 2.05) is 5.57 Å².